The van der Waals surface area contributed by atoms with Crippen molar-refractivity contribution in [2.45, 2.75) is 59.4 Å². The first-order chi connectivity index (χ1) is 15.3. The molecule has 1 heterocycles. The number of hydrogen-bond acceptors (Lipinski definition) is 10. The van der Waals surface area contributed by atoms with E-state index in [1.165, 1.54) is 5.38 Å². The number of nitrogens with one attached hydrogen (secondary N) is 1. The number of oxime groups is 1. The lowest BCUT2D eigenvalue weighted by Crippen LogP contribution is -2.27. The zero-order valence-electron chi connectivity index (χ0n) is 19.3. The monoisotopic (exact) mass is 477 g/mol. The number of benzene rings is 1. The van der Waals surface area contributed by atoms with Crippen molar-refractivity contribution < 1.29 is 33.4 Å². The lowest BCUT2D eigenvalue weighted by Gasteiger charge is -2.18. The molecule has 0 aliphatic carbocycles. The maximum Gasteiger partial charge on any atom is 0.535 e. The number of thiazole rings is 1. The van der Waals surface area contributed by atoms with Crippen molar-refractivity contribution >= 4 is 40.4 Å². The number of ether oxygens (including phenoxy) is 3. The highest BCUT2D eigenvalue weighted by Crippen LogP contribution is 2.19. The van der Waals surface area contributed by atoms with Crippen LogP contribution in [0, 0.1) is 0 Å². The molecular weight excluding hydrogens is 450 g/mol. The number of carbonyl (C=O) groups excluding carboxylic acids is 3. The number of carbonyl (C=O) groups is 3. The molecule has 33 heavy (non-hydrogen) atoms. The topological polar surface area (TPSA) is 125 Å². The zero-order valence-corrected chi connectivity index (χ0v) is 20.1. The summed E-state index contributed by atoms with van der Waals surface area (Å²) < 4.78 is 15.5. The predicted molar refractivity (Wildman–Crippen MR) is 122 cm³/mol. The molecule has 0 saturated carbocycles. The highest BCUT2D eigenvalue weighted by Gasteiger charge is 2.24. The average Bonchev–Trinajstić information content (AvgIpc) is 3.12. The first-order valence-corrected chi connectivity index (χ1v) is 10.9. The van der Waals surface area contributed by atoms with Gasteiger partial charge in [0.05, 0.1) is 0 Å². The maximum absolute atomic E-state index is 12.7. The molecular formula is C22H27N3O7S. The Morgan fingerprint density at radius 2 is 1.64 bits per heavy atom. The third-order valence-electron chi connectivity index (χ3n) is 3.36. The molecule has 0 unspecified atom stereocenters. The number of esters is 1. The molecule has 0 aliphatic heterocycles. The van der Waals surface area contributed by atoms with Crippen LogP contribution in [0.5, 0.6) is 0 Å². The number of aromatic nitrogens is 1. The Morgan fingerprint density at radius 3 is 2.24 bits per heavy atom. The molecule has 1 aromatic carbocycles. The van der Waals surface area contributed by atoms with Crippen molar-refractivity contribution in [3.63, 3.8) is 0 Å². The van der Waals surface area contributed by atoms with Crippen molar-refractivity contribution in [3.8, 4) is 0 Å². The van der Waals surface area contributed by atoms with Crippen molar-refractivity contribution in [1.82, 2.24) is 4.98 Å². The second-order valence-corrected chi connectivity index (χ2v) is 9.58. The van der Waals surface area contributed by atoms with E-state index in [0.29, 0.717) is 0 Å². The van der Waals surface area contributed by atoms with Crippen molar-refractivity contribution in [2.75, 3.05) is 5.32 Å². The normalized spacial score (nSPS) is 12.0. The lowest BCUT2D eigenvalue weighted by atomic mass is 10.2. The predicted octanol–water partition coefficient (Wildman–Crippen LogP) is 4.89. The number of amides is 1. The van der Waals surface area contributed by atoms with Crippen molar-refractivity contribution in [3.05, 3.63) is 47.0 Å². The van der Waals surface area contributed by atoms with Crippen molar-refractivity contribution in [2.24, 2.45) is 5.16 Å². The van der Waals surface area contributed by atoms with Gasteiger partial charge in [0.15, 0.2) is 5.13 Å². The van der Waals surface area contributed by atoms with Gasteiger partial charge in [-0.2, -0.15) is 0 Å². The molecule has 0 bridgehead atoms. The van der Waals surface area contributed by atoms with Crippen LogP contribution in [0.3, 0.4) is 0 Å². The zero-order chi connectivity index (χ0) is 24.6. The fourth-order valence-corrected chi connectivity index (χ4v) is 2.84. The molecule has 178 valence electrons. The van der Waals surface area contributed by atoms with Crippen LogP contribution >= 0.6 is 11.3 Å². The van der Waals surface area contributed by atoms with Gasteiger partial charge in [0.25, 0.3) is 0 Å². The lowest BCUT2D eigenvalue weighted by molar-refractivity contribution is -0.136. The Balaban J connectivity index is 2.18. The van der Waals surface area contributed by atoms with Gasteiger partial charge in [0.1, 0.15) is 23.5 Å². The summed E-state index contributed by atoms with van der Waals surface area (Å²) in [6.07, 6.45) is -1.81. The molecule has 1 amide bonds. The van der Waals surface area contributed by atoms with Crippen LogP contribution < -0.4 is 5.32 Å². The van der Waals surface area contributed by atoms with Gasteiger partial charge in [-0.1, -0.05) is 35.5 Å². The largest absolute Gasteiger partial charge is 0.535 e. The van der Waals surface area contributed by atoms with Gasteiger partial charge >= 0.3 is 18.2 Å². The quantitative estimate of drug-likeness (QED) is 0.205. The van der Waals surface area contributed by atoms with E-state index in [2.05, 4.69) is 15.5 Å². The summed E-state index contributed by atoms with van der Waals surface area (Å²) >= 11 is 1.02. The highest BCUT2D eigenvalue weighted by atomic mass is 32.1. The number of rotatable bonds is 6. The van der Waals surface area contributed by atoms with Crippen LogP contribution in [-0.4, -0.2) is 40.1 Å². The summed E-state index contributed by atoms with van der Waals surface area (Å²) in [5, 5.41) is 7.69. The Morgan fingerprint density at radius 1 is 1.00 bits per heavy atom. The summed E-state index contributed by atoms with van der Waals surface area (Å²) in [7, 11) is 0. The molecule has 10 nitrogen and oxygen atoms in total. The fourth-order valence-electron chi connectivity index (χ4n) is 2.16. The van der Waals surface area contributed by atoms with E-state index in [9.17, 15) is 14.4 Å². The average molecular weight is 478 g/mol. The fraction of sp³-hybridized carbons (Fsp3) is 0.409. The van der Waals surface area contributed by atoms with Crippen LogP contribution in [0.15, 0.2) is 40.9 Å². The van der Waals surface area contributed by atoms with E-state index in [1.807, 2.05) is 6.07 Å². The van der Waals surface area contributed by atoms with E-state index in [-0.39, 0.29) is 23.1 Å². The molecule has 2 rings (SSSR count). The van der Waals surface area contributed by atoms with Crippen LogP contribution in [0.25, 0.3) is 0 Å². The van der Waals surface area contributed by atoms with Crippen LogP contribution in [0.2, 0.25) is 0 Å². The number of hydrogen-bond donors (Lipinski definition) is 1. The molecule has 0 atom stereocenters. The van der Waals surface area contributed by atoms with Crippen LogP contribution in [-0.2, 0) is 30.4 Å². The summed E-state index contributed by atoms with van der Waals surface area (Å²) in [6.45, 7) is 10.1. The van der Waals surface area contributed by atoms with E-state index < -0.39 is 29.4 Å². The molecule has 2 aromatic rings. The summed E-state index contributed by atoms with van der Waals surface area (Å²) in [6, 6.07) is 9.01. The minimum atomic E-state index is -1.10. The van der Waals surface area contributed by atoms with Gasteiger partial charge in [0.2, 0.25) is 5.71 Å². The van der Waals surface area contributed by atoms with Gasteiger partial charge in [-0.25, -0.2) is 19.4 Å². The van der Waals surface area contributed by atoms with Crippen LogP contribution in [0.1, 0.15) is 52.8 Å². The molecule has 1 N–H and O–H groups in total. The van der Waals surface area contributed by atoms with Gasteiger partial charge in [-0.15, -0.1) is 11.3 Å². The van der Waals surface area contributed by atoms with Gasteiger partial charge in [0, 0.05) is 5.38 Å². The second-order valence-electron chi connectivity index (χ2n) is 8.72. The molecule has 11 heteroatoms. The first kappa shape index (κ1) is 25.8. The number of anilines is 1. The smallest absolute Gasteiger partial charge is 0.456 e. The molecule has 0 fully saturated rings. The highest BCUT2D eigenvalue weighted by molar-refractivity contribution is 7.14. The van der Waals surface area contributed by atoms with Gasteiger partial charge in [-0.05, 0) is 47.1 Å². The standard InChI is InChI=1S/C22H27N3O7S/c1-21(2,3)30-19(27)24-18-23-15(13-33-18)16(25-32-20(28)31-22(4,5)6)17(26)29-12-14-10-8-7-9-11-14/h7-11,13H,12H2,1-6H3,(H,23,24,27). The Hall–Kier alpha value is -3.47. The SMILES string of the molecule is CC(C)(C)OC(=O)Nc1nc(C(=NOC(=O)OC(C)(C)C)C(=O)OCc2ccccc2)cs1. The molecule has 0 radical (unpaired) electrons. The minimum Gasteiger partial charge on any atom is -0.456 e. The Bertz CT molecular complexity index is 1000. The molecule has 0 aliphatic rings. The molecule has 0 saturated heterocycles. The van der Waals surface area contributed by atoms with E-state index in [1.54, 1.807) is 65.8 Å². The second kappa shape index (κ2) is 10.9. The van der Waals surface area contributed by atoms with Crippen molar-refractivity contribution in [1.29, 1.82) is 0 Å². The third kappa shape index (κ3) is 9.69. The van der Waals surface area contributed by atoms with Crippen LogP contribution in [0.4, 0.5) is 14.7 Å². The summed E-state index contributed by atoms with van der Waals surface area (Å²) in [4.78, 5) is 45.5. The van der Waals surface area contributed by atoms with E-state index in [0.717, 1.165) is 16.9 Å². The summed E-state index contributed by atoms with van der Waals surface area (Å²) in [5.41, 5.74) is -1.09. The molecule has 0 spiro atoms. The van der Waals surface area contributed by atoms with Gasteiger partial charge < -0.3 is 14.2 Å². The van der Waals surface area contributed by atoms with E-state index in [4.69, 9.17) is 19.0 Å². The first-order valence-electron chi connectivity index (χ1n) is 9.97. The molecule has 1 aromatic heterocycles. The maximum atomic E-state index is 12.7. The Labute approximate surface area is 195 Å². The minimum absolute atomic E-state index is 0.0295. The van der Waals surface area contributed by atoms with Gasteiger partial charge in [-0.3, -0.25) is 10.2 Å². The number of nitrogens with zero attached hydrogens (tertiary/aromatic N) is 2. The van der Waals surface area contributed by atoms with E-state index >= 15 is 0 Å². The summed E-state index contributed by atoms with van der Waals surface area (Å²) in [5.74, 6) is -0.878. The Kier molecular flexibility index (Phi) is 8.52. The third-order valence-corrected chi connectivity index (χ3v) is 4.12.